The van der Waals surface area contributed by atoms with Crippen molar-refractivity contribution in [3.05, 3.63) is 101 Å². The fourth-order valence-electron chi connectivity index (χ4n) is 3.42. The lowest BCUT2D eigenvalue weighted by atomic mass is 10.0. The Labute approximate surface area is 221 Å². The predicted octanol–water partition coefficient (Wildman–Crippen LogP) is 3.49. The van der Waals surface area contributed by atoms with Crippen LogP contribution >= 0.6 is 0 Å². The molecule has 13 heteroatoms. The Morgan fingerprint density at radius 1 is 1.23 bits per heavy atom. The number of halogens is 3. The van der Waals surface area contributed by atoms with Gasteiger partial charge >= 0.3 is 12.1 Å². The highest BCUT2D eigenvalue weighted by Crippen LogP contribution is 2.30. The standard InChI is InChI=1S/C26H19F3N6O3S/c1-3-39(37,38)35-22-9-8-19(14-20(22)26(27,28)29)32-24(36)17-7-6-16(2)23(13-17)34-25-31-12-10-21(33-25)18-5-4-11-30-15-18/h3-15H,1H2,2H3,(H,31,33,34)/p+1. The molecular formula is C26H20F3N6O3S+. The zero-order valence-electron chi connectivity index (χ0n) is 20.3. The lowest BCUT2D eigenvalue weighted by Crippen LogP contribution is -2.34. The minimum atomic E-state index is -4.95. The summed E-state index contributed by atoms with van der Waals surface area (Å²) in [4.78, 5) is 20.7. The van der Waals surface area contributed by atoms with E-state index in [2.05, 4.69) is 36.3 Å². The van der Waals surface area contributed by atoms with Crippen molar-refractivity contribution in [2.75, 3.05) is 5.32 Å². The number of guanidine groups is 1. The molecule has 1 aliphatic carbocycles. The fraction of sp³-hybridized carbons (Fsp3) is 0.0769. The van der Waals surface area contributed by atoms with Crippen LogP contribution in [-0.4, -0.2) is 49.1 Å². The summed E-state index contributed by atoms with van der Waals surface area (Å²) < 4.78 is 71.4. The highest BCUT2D eigenvalue weighted by molar-refractivity contribution is 7.93. The van der Waals surface area contributed by atoms with Gasteiger partial charge in [-0.25, -0.2) is 20.3 Å². The van der Waals surface area contributed by atoms with Gasteiger partial charge in [-0.3, -0.25) is 9.78 Å². The second kappa shape index (κ2) is 10.9. The third-order valence-electron chi connectivity index (χ3n) is 5.36. The first-order valence-corrected chi connectivity index (χ1v) is 12.7. The zero-order chi connectivity index (χ0) is 28.2. The van der Waals surface area contributed by atoms with Crippen molar-refractivity contribution in [3.63, 3.8) is 0 Å². The number of benzene rings is 1. The van der Waals surface area contributed by atoms with Gasteiger partial charge in [-0.15, -0.1) is 0 Å². The number of sulfonamides is 1. The summed E-state index contributed by atoms with van der Waals surface area (Å²) in [6.07, 6.45) is 4.22. The molecule has 198 valence electrons. The molecule has 0 fully saturated rings. The van der Waals surface area contributed by atoms with E-state index in [1.165, 1.54) is 12.1 Å². The van der Waals surface area contributed by atoms with Gasteiger partial charge in [0.25, 0.3) is 15.9 Å². The van der Waals surface area contributed by atoms with Crippen LogP contribution in [0.3, 0.4) is 0 Å². The smallest absolute Gasteiger partial charge is 0.267 e. The number of hydrogen-bond acceptors (Lipinski definition) is 6. The number of aromatic nitrogens is 1. The largest absolute Gasteiger partial charge is 0.448 e. The molecule has 1 aliphatic heterocycles. The summed E-state index contributed by atoms with van der Waals surface area (Å²) in [5, 5.41) is 6.66. The van der Waals surface area contributed by atoms with Crippen molar-refractivity contribution in [2.45, 2.75) is 13.1 Å². The Hall–Kier alpha value is -4.87. The first kappa shape index (κ1) is 27.2. The van der Waals surface area contributed by atoms with Crippen molar-refractivity contribution in [2.24, 2.45) is 9.39 Å². The lowest BCUT2D eigenvalue weighted by molar-refractivity contribution is -0.0858. The van der Waals surface area contributed by atoms with E-state index in [-0.39, 0.29) is 11.3 Å². The lowest BCUT2D eigenvalue weighted by Gasteiger charge is -2.15. The van der Waals surface area contributed by atoms with E-state index >= 15 is 0 Å². The highest BCUT2D eigenvalue weighted by atomic mass is 32.2. The number of aryl methyl sites for hydroxylation is 1. The van der Waals surface area contributed by atoms with Crippen molar-refractivity contribution in [1.82, 2.24) is 15.0 Å². The van der Waals surface area contributed by atoms with Crippen LogP contribution in [0, 0.1) is 6.92 Å². The number of pyridine rings is 1. The Bertz CT molecular complexity index is 1680. The number of anilines is 1. The number of nitrogens with one attached hydrogen (secondary N) is 2. The molecule has 0 atom stereocenters. The van der Waals surface area contributed by atoms with Gasteiger partial charge in [-0.05, 0) is 55.0 Å². The van der Waals surface area contributed by atoms with E-state index < -0.39 is 33.4 Å². The van der Waals surface area contributed by atoms with Crippen LogP contribution in [0.4, 0.5) is 18.9 Å². The normalized spacial score (nSPS) is 17.3. The molecular weight excluding hydrogens is 533 g/mol. The van der Waals surface area contributed by atoms with E-state index in [0.717, 1.165) is 29.0 Å². The van der Waals surface area contributed by atoms with E-state index in [9.17, 15) is 26.4 Å². The van der Waals surface area contributed by atoms with E-state index in [1.807, 2.05) is 6.07 Å². The van der Waals surface area contributed by atoms with Crippen molar-refractivity contribution >= 4 is 50.9 Å². The Morgan fingerprint density at radius 3 is 2.72 bits per heavy atom. The van der Waals surface area contributed by atoms with Crippen molar-refractivity contribution in [3.8, 4) is 0 Å². The van der Waals surface area contributed by atoms with Crippen LogP contribution in [0.15, 0.2) is 94.0 Å². The van der Waals surface area contributed by atoms with Crippen LogP contribution in [0.1, 0.15) is 21.5 Å². The number of nitrogens with zero attached hydrogens (tertiary/aromatic N) is 4. The second-order valence-electron chi connectivity index (χ2n) is 8.12. The third-order valence-corrected chi connectivity index (χ3v) is 6.23. The molecule has 39 heavy (non-hydrogen) atoms. The Balaban J connectivity index is 1.57. The molecule has 2 N–H and O–H groups in total. The SMILES string of the molecule is C=CS(=O)(=O)N=C1C=CC(=NC(=O)c2ccc(C)c(NC3=[N+]=CC=C(c4cccnc4)N3)c2)C=C1C(F)(F)F. The molecule has 2 heterocycles. The Morgan fingerprint density at radius 2 is 2.03 bits per heavy atom. The first-order chi connectivity index (χ1) is 18.4. The monoisotopic (exact) mass is 553 g/mol. The Kier molecular flexibility index (Phi) is 7.56. The maximum atomic E-state index is 13.6. The molecule has 2 aliphatic rings. The van der Waals surface area contributed by atoms with Crippen LogP contribution in [0.5, 0.6) is 0 Å². The molecule has 0 radical (unpaired) electrons. The summed E-state index contributed by atoms with van der Waals surface area (Å²) in [6.45, 7) is 4.83. The van der Waals surface area contributed by atoms with E-state index in [1.54, 1.807) is 43.7 Å². The van der Waals surface area contributed by atoms with Gasteiger partial charge in [0.2, 0.25) is 0 Å². The minimum Gasteiger partial charge on any atom is -0.267 e. The summed E-state index contributed by atoms with van der Waals surface area (Å²) in [6, 6.07) is 8.30. The molecule has 0 saturated carbocycles. The number of hydrogen-bond donors (Lipinski definition) is 2. The summed E-state index contributed by atoms with van der Waals surface area (Å²) in [7, 11) is -4.31. The number of rotatable bonds is 5. The minimum absolute atomic E-state index is 0.100. The maximum absolute atomic E-state index is 13.6. The zero-order valence-corrected chi connectivity index (χ0v) is 21.1. The molecule has 2 aromatic rings. The number of amides is 1. The molecule has 0 bridgehead atoms. The third kappa shape index (κ3) is 6.72. The number of carbonyl (C=O) groups is 1. The predicted molar refractivity (Wildman–Crippen MR) is 145 cm³/mol. The summed E-state index contributed by atoms with van der Waals surface area (Å²) >= 11 is 0. The molecule has 1 aromatic heterocycles. The van der Waals surface area contributed by atoms with Gasteiger partial charge in [0.15, 0.2) is 6.21 Å². The maximum Gasteiger partial charge on any atom is 0.448 e. The first-order valence-electron chi connectivity index (χ1n) is 11.2. The topological polar surface area (TPSA) is 127 Å². The quantitative estimate of drug-likeness (QED) is 0.431. The van der Waals surface area contributed by atoms with Crippen molar-refractivity contribution < 1.29 is 26.4 Å². The molecule has 0 unspecified atom stereocenters. The molecule has 9 nitrogen and oxygen atoms in total. The fourth-order valence-corrected chi connectivity index (χ4v) is 3.92. The molecule has 0 saturated heterocycles. The average molecular weight is 554 g/mol. The van der Waals surface area contributed by atoms with E-state index in [4.69, 9.17) is 0 Å². The number of aliphatic imine (C=N–C) groups is 1. The molecule has 1 amide bonds. The van der Waals surface area contributed by atoms with Gasteiger partial charge in [-0.1, -0.05) is 12.6 Å². The van der Waals surface area contributed by atoms with Crippen LogP contribution < -0.4 is 15.3 Å². The molecule has 1 aromatic carbocycles. The van der Waals surface area contributed by atoms with Crippen LogP contribution in [-0.2, 0) is 10.0 Å². The van der Waals surface area contributed by atoms with Crippen molar-refractivity contribution in [1.29, 1.82) is 0 Å². The molecule has 0 spiro atoms. The number of allylic oxidation sites excluding steroid dienone is 5. The average Bonchev–Trinajstić information content (AvgIpc) is 2.90. The van der Waals surface area contributed by atoms with E-state index in [0.29, 0.717) is 23.1 Å². The molecule has 4 rings (SSSR count). The van der Waals surface area contributed by atoms with Gasteiger partial charge in [0, 0.05) is 35.0 Å². The van der Waals surface area contributed by atoms with Gasteiger partial charge in [0.05, 0.1) is 17.0 Å². The van der Waals surface area contributed by atoms with Gasteiger partial charge in [0.1, 0.15) is 11.4 Å². The second-order valence-corrected chi connectivity index (χ2v) is 9.66. The van der Waals surface area contributed by atoms with Crippen LogP contribution in [0.2, 0.25) is 0 Å². The van der Waals surface area contributed by atoms with Gasteiger partial charge < -0.3 is 0 Å². The number of alkyl halides is 3. The van der Waals surface area contributed by atoms with Crippen LogP contribution in [0.25, 0.3) is 5.70 Å². The summed E-state index contributed by atoms with van der Waals surface area (Å²) in [5.74, 6) is -0.430. The summed E-state index contributed by atoms with van der Waals surface area (Å²) in [5.41, 5.74) is 0.444. The van der Waals surface area contributed by atoms with Gasteiger partial charge in [-0.2, -0.15) is 26.0 Å². The number of carbonyl (C=O) groups excluding carboxylic acids is 1. The highest BCUT2D eigenvalue weighted by Gasteiger charge is 2.38.